The summed E-state index contributed by atoms with van der Waals surface area (Å²) in [5.74, 6) is 0.549. The highest BCUT2D eigenvalue weighted by Gasteiger charge is 2.32. The van der Waals surface area contributed by atoms with Crippen LogP contribution in [0, 0.1) is 13.8 Å². The van der Waals surface area contributed by atoms with E-state index < -0.39 is 0 Å². The molecule has 0 spiro atoms. The molecular weight excluding hydrogens is 572 g/mol. The van der Waals surface area contributed by atoms with Crippen LogP contribution in [0.5, 0.6) is 0 Å². The van der Waals surface area contributed by atoms with Crippen molar-refractivity contribution < 1.29 is 17.0 Å². The lowest BCUT2D eigenvalue weighted by Crippen LogP contribution is -3.00. The molecular formula is C29H28Cl5NS. The summed E-state index contributed by atoms with van der Waals surface area (Å²) in [4.78, 5) is 1.26. The highest BCUT2D eigenvalue weighted by molar-refractivity contribution is 7.09. The predicted molar refractivity (Wildman–Crippen MR) is 154 cm³/mol. The third kappa shape index (κ3) is 5.75. The smallest absolute Gasteiger partial charge is 0.231 e. The first-order valence-corrected chi connectivity index (χ1v) is 14.0. The molecule has 0 bridgehead atoms. The van der Waals surface area contributed by atoms with Crippen LogP contribution in [0.2, 0.25) is 20.1 Å². The van der Waals surface area contributed by atoms with Gasteiger partial charge < -0.3 is 12.4 Å². The number of halogens is 5. The van der Waals surface area contributed by atoms with Gasteiger partial charge in [0.05, 0.1) is 16.0 Å². The largest absolute Gasteiger partial charge is 1.00 e. The maximum Gasteiger partial charge on any atom is 0.231 e. The van der Waals surface area contributed by atoms with Crippen molar-refractivity contribution >= 4 is 57.7 Å². The number of thiazole rings is 1. The van der Waals surface area contributed by atoms with Gasteiger partial charge in [0.1, 0.15) is 0 Å². The Balaban J connectivity index is 0.00000361. The van der Waals surface area contributed by atoms with E-state index in [9.17, 15) is 0 Å². The Morgan fingerprint density at radius 3 is 1.33 bits per heavy atom. The number of rotatable bonds is 5. The third-order valence-corrected chi connectivity index (χ3v) is 8.19. The van der Waals surface area contributed by atoms with Gasteiger partial charge in [-0.3, -0.25) is 0 Å². The maximum absolute atomic E-state index is 6.52. The molecule has 1 aromatic heterocycles. The summed E-state index contributed by atoms with van der Waals surface area (Å²) < 4.78 is 2.30. The second-order valence-corrected chi connectivity index (χ2v) is 12.3. The quantitative estimate of drug-likeness (QED) is 0.206. The minimum atomic E-state index is 0. The molecule has 0 radical (unpaired) electrons. The van der Waals surface area contributed by atoms with Crippen molar-refractivity contribution in [1.82, 2.24) is 0 Å². The fraction of sp³-hybridized carbons (Fsp3) is 0.276. The van der Waals surface area contributed by atoms with Crippen molar-refractivity contribution in [2.45, 2.75) is 53.4 Å². The van der Waals surface area contributed by atoms with Crippen molar-refractivity contribution in [2.75, 3.05) is 0 Å². The highest BCUT2D eigenvalue weighted by atomic mass is 35.5. The highest BCUT2D eigenvalue weighted by Crippen LogP contribution is 2.45. The number of hydrogen-bond acceptors (Lipinski definition) is 1. The van der Waals surface area contributed by atoms with Crippen molar-refractivity contribution in [2.24, 2.45) is 0 Å². The van der Waals surface area contributed by atoms with E-state index in [0.717, 1.165) is 27.9 Å². The zero-order chi connectivity index (χ0) is 25.6. The van der Waals surface area contributed by atoms with Gasteiger partial charge in [0.15, 0.2) is 5.69 Å². The van der Waals surface area contributed by atoms with Gasteiger partial charge in [-0.15, -0.1) is 0 Å². The summed E-state index contributed by atoms with van der Waals surface area (Å²) in [5.41, 5.74) is 11.2. The van der Waals surface area contributed by atoms with Gasteiger partial charge in [-0.1, -0.05) is 91.5 Å². The first-order valence-electron chi connectivity index (χ1n) is 11.6. The van der Waals surface area contributed by atoms with E-state index in [0.29, 0.717) is 20.1 Å². The minimum Gasteiger partial charge on any atom is -1.00 e. The van der Waals surface area contributed by atoms with Crippen molar-refractivity contribution in [3.63, 3.8) is 0 Å². The molecule has 0 aliphatic rings. The van der Waals surface area contributed by atoms with Crippen LogP contribution in [0.25, 0.3) is 27.9 Å². The van der Waals surface area contributed by atoms with Crippen LogP contribution in [-0.2, 0) is 0 Å². The second-order valence-electron chi connectivity index (χ2n) is 9.51. The summed E-state index contributed by atoms with van der Waals surface area (Å²) in [7, 11) is 0. The van der Waals surface area contributed by atoms with Crippen LogP contribution in [0.1, 0.15) is 61.2 Å². The van der Waals surface area contributed by atoms with Crippen molar-refractivity contribution in [1.29, 1.82) is 0 Å². The standard InChI is InChI=1S/C29H28Cl4NS.ClH/c1-15(2)25-13-26(16(3)4)28(20-9-23(32)12-24(33)10-20)29(34-14-35-18(6)17(34)5)27(25)19-7-21(30)11-22(31)8-19;/h7-16H,1-6H3;1H/q+1;/p-1. The Hall–Kier alpha value is -1.26. The van der Waals surface area contributed by atoms with E-state index in [1.165, 1.54) is 21.7 Å². The zero-order valence-corrected chi connectivity index (χ0v) is 25.6. The molecule has 190 valence electrons. The van der Waals surface area contributed by atoms with Gasteiger partial charge in [-0.2, -0.15) is 4.57 Å². The number of hydrogen-bond donors (Lipinski definition) is 0. The molecule has 4 rings (SSSR count). The number of nitrogens with zero attached hydrogens (tertiary/aromatic N) is 1. The Morgan fingerprint density at radius 2 is 1.03 bits per heavy atom. The summed E-state index contributed by atoms with van der Waals surface area (Å²) >= 11 is 27.8. The Kier molecular flexibility index (Phi) is 9.47. The molecule has 3 aromatic carbocycles. The molecule has 1 heterocycles. The number of aryl methyl sites for hydroxylation is 1. The lowest BCUT2D eigenvalue weighted by molar-refractivity contribution is -0.596. The average molecular weight is 600 g/mol. The van der Waals surface area contributed by atoms with Gasteiger partial charge in [-0.05, 0) is 77.4 Å². The van der Waals surface area contributed by atoms with Crippen LogP contribution in [0.3, 0.4) is 0 Å². The summed E-state index contributed by atoms with van der Waals surface area (Å²) in [6.07, 6.45) is 0. The predicted octanol–water partition coefficient (Wildman–Crippen LogP) is 7.84. The summed E-state index contributed by atoms with van der Waals surface area (Å²) in [6, 6.07) is 13.9. The van der Waals surface area contributed by atoms with E-state index in [2.05, 4.69) is 57.7 Å². The van der Waals surface area contributed by atoms with E-state index in [4.69, 9.17) is 46.4 Å². The topological polar surface area (TPSA) is 3.88 Å². The maximum atomic E-state index is 6.52. The number of benzene rings is 3. The van der Waals surface area contributed by atoms with Gasteiger partial charge >= 0.3 is 0 Å². The molecule has 7 heteroatoms. The molecule has 0 aliphatic heterocycles. The molecule has 0 amide bonds. The van der Waals surface area contributed by atoms with Crippen LogP contribution in [0.15, 0.2) is 48.0 Å². The average Bonchev–Trinajstić information content (AvgIpc) is 3.08. The van der Waals surface area contributed by atoms with Crippen LogP contribution in [-0.4, -0.2) is 0 Å². The normalized spacial score (nSPS) is 11.3. The van der Waals surface area contributed by atoms with Gasteiger partial charge in [0.2, 0.25) is 11.2 Å². The van der Waals surface area contributed by atoms with Crippen LogP contribution < -0.4 is 17.0 Å². The zero-order valence-electron chi connectivity index (χ0n) is 21.0. The van der Waals surface area contributed by atoms with Crippen molar-refractivity contribution in [3.8, 4) is 27.9 Å². The van der Waals surface area contributed by atoms with Gasteiger partial charge in [0.25, 0.3) is 0 Å². The summed E-state index contributed by atoms with van der Waals surface area (Å²) in [5, 5.41) is 2.43. The van der Waals surface area contributed by atoms with E-state index in [-0.39, 0.29) is 24.2 Å². The molecule has 0 saturated carbocycles. The molecule has 0 aliphatic carbocycles. The van der Waals surface area contributed by atoms with Crippen molar-refractivity contribution in [3.05, 3.63) is 89.8 Å². The van der Waals surface area contributed by atoms with Crippen LogP contribution >= 0.6 is 57.7 Å². The first-order chi connectivity index (χ1) is 16.5. The monoisotopic (exact) mass is 597 g/mol. The first kappa shape index (κ1) is 29.3. The SMILES string of the molecule is Cc1sc[n+](-c2c(-c3cc(Cl)cc(Cl)c3)c(C(C)C)cc(C(C)C)c2-c2cc(Cl)cc(Cl)c2)c1C.[Cl-]. The van der Waals surface area contributed by atoms with Crippen LogP contribution in [0.4, 0.5) is 0 Å². The Morgan fingerprint density at radius 1 is 0.639 bits per heavy atom. The molecule has 0 fully saturated rings. The molecule has 0 saturated heterocycles. The Bertz CT molecular complexity index is 1300. The molecule has 0 N–H and O–H groups in total. The van der Waals surface area contributed by atoms with E-state index in [1.54, 1.807) is 23.5 Å². The lowest BCUT2D eigenvalue weighted by atomic mass is 9.81. The molecule has 0 unspecified atom stereocenters. The van der Waals surface area contributed by atoms with E-state index in [1.807, 2.05) is 24.3 Å². The lowest BCUT2D eigenvalue weighted by Gasteiger charge is -2.23. The fourth-order valence-corrected chi connectivity index (χ4v) is 6.40. The number of aromatic nitrogens is 1. The Labute approximate surface area is 244 Å². The molecule has 4 aromatic rings. The molecule has 0 atom stereocenters. The van der Waals surface area contributed by atoms with Gasteiger partial charge in [0, 0.05) is 27.0 Å². The fourth-order valence-electron chi connectivity index (χ4n) is 4.55. The van der Waals surface area contributed by atoms with Gasteiger partial charge in [-0.25, -0.2) is 0 Å². The minimum absolute atomic E-state index is 0. The molecule has 1 nitrogen and oxygen atoms in total. The summed E-state index contributed by atoms with van der Waals surface area (Å²) in [6.45, 7) is 13.2. The second kappa shape index (κ2) is 11.6. The third-order valence-electron chi connectivity index (χ3n) is 6.36. The molecule has 36 heavy (non-hydrogen) atoms. The van der Waals surface area contributed by atoms with E-state index >= 15 is 0 Å².